The molecule has 0 atom stereocenters. The van der Waals surface area contributed by atoms with Gasteiger partial charge in [0.05, 0.1) is 11.7 Å². The van der Waals surface area contributed by atoms with Crippen LogP contribution in [0.2, 0.25) is 0 Å². The van der Waals surface area contributed by atoms with Gasteiger partial charge in [0.15, 0.2) is 5.69 Å². The van der Waals surface area contributed by atoms with Gasteiger partial charge in [-0.1, -0.05) is 17.9 Å². The molecule has 0 radical (unpaired) electrons. The molecule has 1 aromatic heterocycles. The topological polar surface area (TPSA) is 97.5 Å². The van der Waals surface area contributed by atoms with Crippen LogP contribution in [-0.4, -0.2) is 56.8 Å². The van der Waals surface area contributed by atoms with Gasteiger partial charge >= 0.3 is 12.1 Å². The average molecular weight is 294 g/mol. The maximum absolute atomic E-state index is 11.7. The summed E-state index contributed by atoms with van der Waals surface area (Å²) in [4.78, 5) is 24.3. The number of piperidine rings is 1. The highest BCUT2D eigenvalue weighted by molar-refractivity contribution is 5.86. The average Bonchev–Trinajstić information content (AvgIpc) is 2.87. The zero-order chi connectivity index (χ0) is 15.4. The van der Waals surface area contributed by atoms with Crippen molar-refractivity contribution < 1.29 is 19.4 Å². The summed E-state index contributed by atoms with van der Waals surface area (Å²) in [5.41, 5.74) is 0.512. The lowest BCUT2D eigenvalue weighted by molar-refractivity contribution is 0.0689. The number of carboxylic acids is 1. The second kappa shape index (κ2) is 6.38. The SMILES string of the molecule is C=CCOC(=O)N1CCC(n2nnc(C(=O)O)c2C)CC1. The molecule has 0 unspecified atom stereocenters. The first-order chi connectivity index (χ1) is 10.0. The summed E-state index contributed by atoms with van der Waals surface area (Å²) in [5, 5.41) is 16.6. The number of aromatic carboxylic acids is 1. The number of rotatable bonds is 4. The summed E-state index contributed by atoms with van der Waals surface area (Å²) >= 11 is 0. The van der Waals surface area contributed by atoms with E-state index >= 15 is 0 Å². The summed E-state index contributed by atoms with van der Waals surface area (Å²) in [6, 6.07) is 0.0501. The smallest absolute Gasteiger partial charge is 0.410 e. The van der Waals surface area contributed by atoms with E-state index in [1.807, 2.05) is 0 Å². The standard InChI is InChI=1S/C13H18N4O4/c1-3-8-21-13(20)16-6-4-10(5-7-16)17-9(2)11(12(18)19)14-15-17/h3,10H,1,4-8H2,2H3,(H,18,19). The summed E-state index contributed by atoms with van der Waals surface area (Å²) in [6.45, 7) is 6.47. The zero-order valence-corrected chi connectivity index (χ0v) is 11.9. The second-order valence-corrected chi connectivity index (χ2v) is 4.86. The van der Waals surface area contributed by atoms with Crippen molar-refractivity contribution >= 4 is 12.1 Å². The largest absolute Gasteiger partial charge is 0.476 e. The van der Waals surface area contributed by atoms with Crippen LogP contribution >= 0.6 is 0 Å². The zero-order valence-electron chi connectivity index (χ0n) is 11.9. The predicted molar refractivity (Wildman–Crippen MR) is 73.1 cm³/mol. The molecule has 1 fully saturated rings. The Morgan fingerprint density at radius 2 is 2.14 bits per heavy atom. The van der Waals surface area contributed by atoms with Crippen molar-refractivity contribution in [2.24, 2.45) is 0 Å². The molecular weight excluding hydrogens is 276 g/mol. The lowest BCUT2D eigenvalue weighted by atomic mass is 10.1. The Morgan fingerprint density at radius 3 is 2.67 bits per heavy atom. The first-order valence-electron chi connectivity index (χ1n) is 6.72. The van der Waals surface area contributed by atoms with Crippen molar-refractivity contribution in [2.45, 2.75) is 25.8 Å². The van der Waals surface area contributed by atoms with E-state index in [0.29, 0.717) is 31.6 Å². The van der Waals surface area contributed by atoms with Crippen LogP contribution < -0.4 is 0 Å². The van der Waals surface area contributed by atoms with E-state index in [0.717, 1.165) is 0 Å². The van der Waals surface area contributed by atoms with Gasteiger partial charge in [0.1, 0.15) is 6.61 Å². The minimum absolute atomic E-state index is 0.0252. The predicted octanol–water partition coefficient (Wildman–Crippen LogP) is 1.24. The first kappa shape index (κ1) is 15.0. The highest BCUT2D eigenvalue weighted by atomic mass is 16.6. The normalized spacial score (nSPS) is 15.8. The van der Waals surface area contributed by atoms with Crippen molar-refractivity contribution in [3.8, 4) is 0 Å². The molecule has 2 rings (SSSR count). The number of carbonyl (C=O) groups excluding carboxylic acids is 1. The summed E-state index contributed by atoms with van der Waals surface area (Å²) in [6.07, 6.45) is 2.55. The van der Waals surface area contributed by atoms with Gasteiger partial charge in [0.2, 0.25) is 0 Å². The van der Waals surface area contributed by atoms with Gasteiger partial charge in [-0.3, -0.25) is 0 Å². The lowest BCUT2D eigenvalue weighted by Crippen LogP contribution is -2.39. The Hall–Kier alpha value is -2.38. The molecule has 0 aromatic carbocycles. The van der Waals surface area contributed by atoms with Crippen molar-refractivity contribution in [1.82, 2.24) is 19.9 Å². The monoisotopic (exact) mass is 294 g/mol. The minimum Gasteiger partial charge on any atom is -0.476 e. The molecule has 21 heavy (non-hydrogen) atoms. The van der Waals surface area contributed by atoms with E-state index in [9.17, 15) is 9.59 Å². The summed E-state index contributed by atoms with van der Waals surface area (Å²) < 4.78 is 6.62. The number of hydrogen-bond donors (Lipinski definition) is 1. The number of likely N-dealkylation sites (tertiary alicyclic amines) is 1. The molecule has 1 saturated heterocycles. The molecule has 8 nitrogen and oxygen atoms in total. The Labute approximate surface area is 122 Å². The number of carbonyl (C=O) groups is 2. The highest BCUT2D eigenvalue weighted by Gasteiger charge is 2.27. The maximum Gasteiger partial charge on any atom is 0.410 e. The maximum atomic E-state index is 11.7. The van der Waals surface area contributed by atoms with E-state index in [-0.39, 0.29) is 24.4 Å². The van der Waals surface area contributed by atoms with Crippen LogP contribution in [0.15, 0.2) is 12.7 Å². The Morgan fingerprint density at radius 1 is 1.48 bits per heavy atom. The van der Waals surface area contributed by atoms with Crippen LogP contribution in [0.5, 0.6) is 0 Å². The first-order valence-corrected chi connectivity index (χ1v) is 6.72. The third kappa shape index (κ3) is 3.21. The van der Waals surface area contributed by atoms with Crippen LogP contribution in [0.4, 0.5) is 4.79 Å². The molecule has 2 heterocycles. The number of carboxylic acid groups (broad SMARTS) is 1. The molecule has 1 aromatic rings. The van der Waals surface area contributed by atoms with E-state index in [4.69, 9.17) is 9.84 Å². The molecule has 114 valence electrons. The van der Waals surface area contributed by atoms with Gasteiger partial charge in [-0.2, -0.15) is 0 Å². The quantitative estimate of drug-likeness (QED) is 0.839. The Balaban J connectivity index is 1.96. The van der Waals surface area contributed by atoms with E-state index in [1.165, 1.54) is 6.08 Å². The third-order valence-electron chi connectivity index (χ3n) is 3.52. The van der Waals surface area contributed by atoms with Crippen LogP contribution in [0.25, 0.3) is 0 Å². The van der Waals surface area contributed by atoms with E-state index < -0.39 is 5.97 Å². The number of amides is 1. The Kier molecular flexibility index (Phi) is 4.56. The van der Waals surface area contributed by atoms with Crippen LogP contribution in [0.3, 0.4) is 0 Å². The third-order valence-corrected chi connectivity index (χ3v) is 3.52. The molecule has 0 bridgehead atoms. The molecule has 1 aliphatic heterocycles. The molecule has 1 aliphatic rings. The summed E-state index contributed by atoms with van der Waals surface area (Å²) in [5.74, 6) is -1.08. The summed E-state index contributed by atoms with van der Waals surface area (Å²) in [7, 11) is 0. The van der Waals surface area contributed by atoms with E-state index in [1.54, 1.807) is 16.5 Å². The number of hydrogen-bond acceptors (Lipinski definition) is 5. The van der Waals surface area contributed by atoms with Crippen LogP contribution in [0.1, 0.15) is 35.1 Å². The molecule has 8 heteroatoms. The highest BCUT2D eigenvalue weighted by Crippen LogP contribution is 2.24. The van der Waals surface area contributed by atoms with Crippen LogP contribution in [-0.2, 0) is 4.74 Å². The van der Waals surface area contributed by atoms with Gasteiger partial charge in [-0.15, -0.1) is 5.10 Å². The molecule has 0 spiro atoms. The molecular formula is C13H18N4O4. The van der Waals surface area contributed by atoms with Crippen LogP contribution in [0, 0.1) is 6.92 Å². The minimum atomic E-state index is -1.08. The van der Waals surface area contributed by atoms with Crippen molar-refractivity contribution in [1.29, 1.82) is 0 Å². The fourth-order valence-electron chi connectivity index (χ4n) is 2.40. The lowest BCUT2D eigenvalue weighted by Gasteiger charge is -2.31. The molecule has 1 amide bonds. The second-order valence-electron chi connectivity index (χ2n) is 4.86. The Bertz CT molecular complexity index is 546. The van der Waals surface area contributed by atoms with Gasteiger partial charge in [-0.05, 0) is 19.8 Å². The molecule has 1 N–H and O–H groups in total. The molecule has 0 saturated carbocycles. The van der Waals surface area contributed by atoms with Crippen molar-refractivity contribution in [2.75, 3.05) is 19.7 Å². The number of nitrogens with zero attached hydrogens (tertiary/aromatic N) is 4. The van der Waals surface area contributed by atoms with Crippen molar-refractivity contribution in [3.63, 3.8) is 0 Å². The van der Waals surface area contributed by atoms with Gasteiger partial charge in [0.25, 0.3) is 0 Å². The molecule has 0 aliphatic carbocycles. The van der Waals surface area contributed by atoms with Crippen molar-refractivity contribution in [3.05, 3.63) is 24.0 Å². The fourth-order valence-corrected chi connectivity index (χ4v) is 2.40. The van der Waals surface area contributed by atoms with Gasteiger partial charge in [0, 0.05) is 13.1 Å². The number of aromatic nitrogens is 3. The van der Waals surface area contributed by atoms with Gasteiger partial charge in [-0.25, -0.2) is 14.3 Å². The fraction of sp³-hybridized carbons (Fsp3) is 0.538. The van der Waals surface area contributed by atoms with E-state index in [2.05, 4.69) is 16.9 Å². The number of ether oxygens (including phenoxy) is 1. The van der Waals surface area contributed by atoms with Gasteiger partial charge < -0.3 is 14.7 Å².